The lowest BCUT2D eigenvalue weighted by Gasteiger charge is -2.05. The van der Waals surface area contributed by atoms with Gasteiger partial charge in [-0.25, -0.2) is 9.78 Å². The Morgan fingerprint density at radius 1 is 1.05 bits per heavy atom. The average molecular weight is 289 g/mol. The number of aryl methyl sites for hydroxylation is 1. The fraction of sp³-hybridized carbons (Fsp3) is 0.0526. The summed E-state index contributed by atoms with van der Waals surface area (Å²) >= 11 is 0. The Morgan fingerprint density at radius 3 is 2.55 bits per heavy atom. The summed E-state index contributed by atoms with van der Waals surface area (Å²) in [6, 6.07) is 17.1. The number of nitrogens with zero attached hydrogens (tertiary/aromatic N) is 1. The van der Waals surface area contributed by atoms with Crippen molar-refractivity contribution in [1.82, 2.24) is 4.98 Å². The van der Waals surface area contributed by atoms with Gasteiger partial charge < -0.3 is 5.11 Å². The summed E-state index contributed by atoms with van der Waals surface area (Å²) in [5, 5.41) is 10.1. The zero-order chi connectivity index (χ0) is 15.5. The monoisotopic (exact) mass is 289 g/mol. The summed E-state index contributed by atoms with van der Waals surface area (Å²) < 4.78 is 0. The molecule has 3 heteroatoms. The minimum atomic E-state index is -0.939. The fourth-order valence-electron chi connectivity index (χ4n) is 2.37. The average Bonchev–Trinajstić information content (AvgIpc) is 2.52. The van der Waals surface area contributed by atoms with Crippen LogP contribution in [0.15, 0.2) is 54.6 Å². The highest BCUT2D eigenvalue weighted by atomic mass is 16.4. The second-order valence-electron chi connectivity index (χ2n) is 5.16. The van der Waals surface area contributed by atoms with E-state index >= 15 is 0 Å². The predicted octanol–water partition coefficient (Wildman–Crippen LogP) is 4.41. The normalized spacial score (nSPS) is 11.1. The second-order valence-corrected chi connectivity index (χ2v) is 5.16. The SMILES string of the molecule is Cc1ccc2c(C(=O)O)cc(/C=C/c3ccccc3)nc2c1. The first-order valence-electron chi connectivity index (χ1n) is 7.01. The van der Waals surface area contributed by atoms with Gasteiger partial charge in [-0.3, -0.25) is 0 Å². The zero-order valence-corrected chi connectivity index (χ0v) is 12.2. The Balaban J connectivity index is 2.10. The Labute approximate surface area is 128 Å². The zero-order valence-electron chi connectivity index (χ0n) is 12.2. The van der Waals surface area contributed by atoms with Crippen molar-refractivity contribution in [3.05, 3.63) is 77.0 Å². The minimum Gasteiger partial charge on any atom is -0.478 e. The molecule has 3 aromatic rings. The summed E-state index contributed by atoms with van der Waals surface area (Å²) in [4.78, 5) is 16.0. The van der Waals surface area contributed by atoms with Crippen LogP contribution in [0.25, 0.3) is 23.1 Å². The van der Waals surface area contributed by atoms with Crippen molar-refractivity contribution in [1.29, 1.82) is 0 Å². The maximum Gasteiger partial charge on any atom is 0.336 e. The van der Waals surface area contributed by atoms with Gasteiger partial charge in [0.25, 0.3) is 0 Å². The van der Waals surface area contributed by atoms with Crippen molar-refractivity contribution in [3.63, 3.8) is 0 Å². The predicted molar refractivity (Wildman–Crippen MR) is 88.8 cm³/mol. The van der Waals surface area contributed by atoms with Crippen LogP contribution in [0, 0.1) is 6.92 Å². The summed E-state index contributed by atoms with van der Waals surface area (Å²) in [6.07, 6.45) is 3.76. The molecule has 0 atom stereocenters. The molecule has 0 unspecified atom stereocenters. The molecule has 22 heavy (non-hydrogen) atoms. The van der Waals surface area contributed by atoms with Gasteiger partial charge in [0.15, 0.2) is 0 Å². The van der Waals surface area contributed by atoms with Gasteiger partial charge >= 0.3 is 5.97 Å². The van der Waals surface area contributed by atoms with E-state index < -0.39 is 5.97 Å². The van der Waals surface area contributed by atoms with Gasteiger partial charge in [-0.1, -0.05) is 48.5 Å². The van der Waals surface area contributed by atoms with E-state index in [-0.39, 0.29) is 5.56 Å². The van der Waals surface area contributed by atoms with Crippen molar-refractivity contribution in [2.75, 3.05) is 0 Å². The number of carbonyl (C=O) groups is 1. The highest BCUT2D eigenvalue weighted by Crippen LogP contribution is 2.21. The summed E-state index contributed by atoms with van der Waals surface area (Å²) in [5.74, 6) is -0.939. The van der Waals surface area contributed by atoms with Crippen LogP contribution in [-0.2, 0) is 0 Å². The molecule has 0 aliphatic carbocycles. The van der Waals surface area contributed by atoms with E-state index in [1.807, 2.05) is 67.6 Å². The lowest BCUT2D eigenvalue weighted by molar-refractivity contribution is 0.0699. The molecule has 0 radical (unpaired) electrons. The molecule has 0 amide bonds. The smallest absolute Gasteiger partial charge is 0.336 e. The molecular formula is C19H15NO2. The van der Waals surface area contributed by atoms with Crippen LogP contribution in [0.3, 0.4) is 0 Å². The van der Waals surface area contributed by atoms with Crippen molar-refractivity contribution < 1.29 is 9.90 Å². The number of carboxylic acids is 1. The van der Waals surface area contributed by atoms with Gasteiger partial charge in [0.1, 0.15) is 0 Å². The van der Waals surface area contributed by atoms with Crippen LogP contribution >= 0.6 is 0 Å². The lowest BCUT2D eigenvalue weighted by atomic mass is 10.1. The van der Waals surface area contributed by atoms with E-state index in [0.29, 0.717) is 16.6 Å². The number of hydrogen-bond donors (Lipinski definition) is 1. The number of hydrogen-bond acceptors (Lipinski definition) is 2. The molecule has 108 valence electrons. The molecule has 0 aliphatic heterocycles. The third-order valence-corrected chi connectivity index (χ3v) is 3.46. The maximum absolute atomic E-state index is 11.5. The van der Waals surface area contributed by atoms with Gasteiger partial charge in [0.2, 0.25) is 0 Å². The molecule has 3 nitrogen and oxygen atoms in total. The van der Waals surface area contributed by atoms with Gasteiger partial charge in [0.05, 0.1) is 16.8 Å². The van der Waals surface area contributed by atoms with E-state index in [1.165, 1.54) is 0 Å². The highest BCUT2D eigenvalue weighted by Gasteiger charge is 2.10. The number of pyridine rings is 1. The molecule has 0 saturated carbocycles. The highest BCUT2D eigenvalue weighted by molar-refractivity contribution is 6.03. The minimum absolute atomic E-state index is 0.276. The molecule has 0 fully saturated rings. The number of fused-ring (bicyclic) bond motifs is 1. The van der Waals surface area contributed by atoms with Gasteiger partial charge in [-0.05, 0) is 36.3 Å². The molecule has 3 rings (SSSR count). The lowest BCUT2D eigenvalue weighted by Crippen LogP contribution is -2.00. The molecule has 1 aromatic heterocycles. The number of benzene rings is 2. The number of carboxylic acid groups (broad SMARTS) is 1. The van der Waals surface area contributed by atoms with Crippen molar-refractivity contribution >= 4 is 29.0 Å². The Bertz CT molecular complexity index is 867. The molecule has 1 heterocycles. The quantitative estimate of drug-likeness (QED) is 0.777. The van der Waals surface area contributed by atoms with E-state index in [1.54, 1.807) is 6.07 Å². The molecule has 0 bridgehead atoms. The summed E-state index contributed by atoms with van der Waals surface area (Å²) in [6.45, 7) is 1.97. The molecular weight excluding hydrogens is 274 g/mol. The van der Waals surface area contributed by atoms with E-state index in [9.17, 15) is 9.90 Å². The van der Waals surface area contributed by atoms with Crippen LogP contribution in [0.5, 0.6) is 0 Å². The Hall–Kier alpha value is -2.94. The Morgan fingerprint density at radius 2 is 1.82 bits per heavy atom. The van der Waals surface area contributed by atoms with Gasteiger partial charge in [-0.2, -0.15) is 0 Å². The van der Waals surface area contributed by atoms with E-state index in [0.717, 1.165) is 11.1 Å². The molecule has 0 saturated heterocycles. The fourth-order valence-corrected chi connectivity index (χ4v) is 2.37. The standard InChI is InChI=1S/C19H15NO2/c1-13-7-10-16-17(19(21)22)12-15(20-18(16)11-13)9-8-14-5-3-2-4-6-14/h2-12H,1H3,(H,21,22)/b9-8+. The first kappa shape index (κ1) is 14.0. The van der Waals surface area contributed by atoms with Crippen molar-refractivity contribution in [2.24, 2.45) is 0 Å². The van der Waals surface area contributed by atoms with Crippen molar-refractivity contribution in [2.45, 2.75) is 6.92 Å². The molecule has 2 aromatic carbocycles. The largest absolute Gasteiger partial charge is 0.478 e. The van der Waals surface area contributed by atoms with Crippen LogP contribution in [0.1, 0.15) is 27.2 Å². The summed E-state index contributed by atoms with van der Waals surface area (Å²) in [7, 11) is 0. The number of aromatic carboxylic acids is 1. The van der Waals surface area contributed by atoms with Crippen LogP contribution in [0.2, 0.25) is 0 Å². The van der Waals surface area contributed by atoms with Gasteiger partial charge in [-0.15, -0.1) is 0 Å². The maximum atomic E-state index is 11.5. The third kappa shape index (κ3) is 2.88. The van der Waals surface area contributed by atoms with Crippen LogP contribution in [-0.4, -0.2) is 16.1 Å². The molecule has 1 N–H and O–H groups in total. The number of rotatable bonds is 3. The molecule has 0 aliphatic rings. The van der Waals surface area contributed by atoms with E-state index in [2.05, 4.69) is 4.98 Å². The number of aromatic nitrogens is 1. The van der Waals surface area contributed by atoms with Crippen LogP contribution in [0.4, 0.5) is 0 Å². The van der Waals surface area contributed by atoms with E-state index in [4.69, 9.17) is 0 Å². The van der Waals surface area contributed by atoms with Gasteiger partial charge in [0, 0.05) is 5.39 Å². The topological polar surface area (TPSA) is 50.2 Å². The second kappa shape index (κ2) is 5.82. The van der Waals surface area contributed by atoms with Crippen LogP contribution < -0.4 is 0 Å². The molecule has 0 spiro atoms. The third-order valence-electron chi connectivity index (χ3n) is 3.46. The first-order valence-corrected chi connectivity index (χ1v) is 7.01. The Kier molecular flexibility index (Phi) is 3.71. The first-order chi connectivity index (χ1) is 10.6. The summed E-state index contributed by atoms with van der Waals surface area (Å²) in [5.41, 5.74) is 3.72. The van der Waals surface area contributed by atoms with Crippen molar-refractivity contribution in [3.8, 4) is 0 Å².